The first-order valence-electron chi connectivity index (χ1n) is 12.5. The maximum atomic E-state index is 13.0. The molecule has 5 nitrogen and oxygen atoms in total. The van der Waals surface area contributed by atoms with Gasteiger partial charge in [0, 0.05) is 16.9 Å². The van der Waals surface area contributed by atoms with Crippen molar-refractivity contribution in [3.63, 3.8) is 0 Å². The average Bonchev–Trinajstić information content (AvgIpc) is 2.86. The van der Waals surface area contributed by atoms with Crippen molar-refractivity contribution in [2.24, 2.45) is 0 Å². The van der Waals surface area contributed by atoms with Gasteiger partial charge < -0.3 is 24.9 Å². The van der Waals surface area contributed by atoms with Crippen LogP contribution in [0.5, 0.6) is 5.75 Å². The third-order valence-corrected chi connectivity index (χ3v) is 7.03. The molecule has 12 heteroatoms. The fraction of sp³-hybridized carbons (Fsp3) is 0.483. The van der Waals surface area contributed by atoms with Gasteiger partial charge in [0.1, 0.15) is 12.4 Å². The van der Waals surface area contributed by atoms with E-state index in [1.165, 1.54) is 13.0 Å². The molecule has 0 spiro atoms. The van der Waals surface area contributed by atoms with Crippen LogP contribution in [0.3, 0.4) is 0 Å². The van der Waals surface area contributed by atoms with Gasteiger partial charge in [0.2, 0.25) is 0 Å². The number of carboxylic acids is 1. The molecule has 0 bridgehead atoms. The first-order valence-corrected chi connectivity index (χ1v) is 12.5. The zero-order valence-electron chi connectivity index (χ0n) is 23.5. The van der Waals surface area contributed by atoms with E-state index in [4.69, 9.17) is 4.74 Å². The minimum absolute atomic E-state index is 0. The summed E-state index contributed by atoms with van der Waals surface area (Å²) in [6.45, 7) is 7.10. The Bertz CT molecular complexity index is 1250. The van der Waals surface area contributed by atoms with E-state index in [0.29, 0.717) is 24.2 Å². The van der Waals surface area contributed by atoms with Crippen LogP contribution in [0, 0.1) is 25.7 Å². The molecule has 220 valence electrons. The number of carbonyl (C=O) groups excluding carboxylic acids is 1. The van der Waals surface area contributed by atoms with Crippen molar-refractivity contribution in [1.82, 2.24) is 0 Å². The Morgan fingerprint density at radius 2 is 1.46 bits per heavy atom. The number of benzene rings is 2. The monoisotopic (exact) mass is 596 g/mol. The minimum atomic E-state index is -6.03. The molecule has 0 saturated carbocycles. The van der Waals surface area contributed by atoms with Gasteiger partial charge in [-0.1, -0.05) is 44.0 Å². The van der Waals surface area contributed by atoms with Crippen molar-refractivity contribution >= 4 is 5.97 Å². The van der Waals surface area contributed by atoms with E-state index in [1.807, 2.05) is 31.9 Å². The summed E-state index contributed by atoms with van der Waals surface area (Å²) >= 11 is 0. The molecule has 0 radical (unpaired) electrons. The van der Waals surface area contributed by atoms with E-state index in [0.717, 1.165) is 22.6 Å². The molecule has 0 aromatic heterocycles. The second kappa shape index (κ2) is 14.3. The molecule has 2 aromatic rings. The third kappa shape index (κ3) is 8.42. The number of hydrogen-bond donors (Lipinski definition) is 2. The Morgan fingerprint density at radius 3 is 1.90 bits per heavy atom. The third-order valence-electron chi connectivity index (χ3n) is 7.03. The van der Waals surface area contributed by atoms with Crippen molar-refractivity contribution in [2.45, 2.75) is 82.9 Å². The first kappa shape index (κ1) is 36.8. The van der Waals surface area contributed by atoms with Crippen LogP contribution < -0.4 is 39.4 Å². The molecule has 2 rings (SSSR count). The molecule has 1 atom stereocenters. The zero-order valence-corrected chi connectivity index (χ0v) is 25.5. The first-order chi connectivity index (χ1) is 18.4. The van der Waals surface area contributed by atoms with Crippen LogP contribution in [-0.2, 0) is 10.2 Å². The second-order valence-corrected chi connectivity index (χ2v) is 9.63. The summed E-state index contributed by atoms with van der Waals surface area (Å²) in [4.78, 5) is 10.6. The largest absolute Gasteiger partial charge is 1.00 e. The molecule has 0 aliphatic rings. The number of rotatable bonds is 10. The van der Waals surface area contributed by atoms with E-state index in [1.54, 1.807) is 25.1 Å². The fourth-order valence-corrected chi connectivity index (χ4v) is 4.46. The summed E-state index contributed by atoms with van der Waals surface area (Å²) in [6, 6.07) is 10.0. The van der Waals surface area contributed by atoms with Crippen LogP contribution in [-0.4, -0.2) is 46.8 Å². The molecule has 0 unspecified atom stereocenters. The molecule has 0 fully saturated rings. The van der Waals surface area contributed by atoms with Gasteiger partial charge in [-0.15, -0.1) is 0 Å². The summed E-state index contributed by atoms with van der Waals surface area (Å²) < 4.78 is 83.6. The van der Waals surface area contributed by atoms with Gasteiger partial charge in [-0.05, 0) is 79.8 Å². The van der Waals surface area contributed by atoms with E-state index >= 15 is 0 Å². The van der Waals surface area contributed by atoms with Gasteiger partial charge in [0.25, 0.3) is 0 Å². The summed E-state index contributed by atoms with van der Waals surface area (Å²) in [7, 11) is 0. The molecule has 0 saturated heterocycles. The van der Waals surface area contributed by atoms with Crippen molar-refractivity contribution < 1.29 is 80.8 Å². The SMILES string of the molecule is CCC(CC)(c1ccc(C#CC(O)(C(F)(F)F)C(F)(F)F)c(C)c1)c1ccc(OC[C@@H](O)CCC(=O)[O-])c(C)c1.[Na+]. The molecule has 0 aliphatic heterocycles. The Kier molecular flexibility index (Phi) is 12.8. The Balaban J connectivity index is 0.00000840. The molecular weight excluding hydrogens is 565 g/mol. The van der Waals surface area contributed by atoms with Crippen LogP contribution in [0.15, 0.2) is 36.4 Å². The summed E-state index contributed by atoms with van der Waals surface area (Å²) in [5.74, 6) is 2.07. The summed E-state index contributed by atoms with van der Waals surface area (Å²) in [5, 5.41) is 29.8. The summed E-state index contributed by atoms with van der Waals surface area (Å²) in [5.41, 5.74) is -3.07. The number of halogens is 6. The van der Waals surface area contributed by atoms with Crippen molar-refractivity contribution in [2.75, 3.05) is 6.61 Å². The van der Waals surface area contributed by atoms with Gasteiger partial charge in [-0.2, -0.15) is 26.3 Å². The maximum absolute atomic E-state index is 13.0. The molecular formula is C29H31F6NaO5. The van der Waals surface area contributed by atoms with E-state index in [-0.39, 0.29) is 54.6 Å². The number of carboxylic acid groups (broad SMARTS) is 1. The average molecular weight is 597 g/mol. The van der Waals surface area contributed by atoms with Crippen LogP contribution in [0.1, 0.15) is 67.3 Å². The van der Waals surface area contributed by atoms with E-state index in [2.05, 4.69) is 0 Å². The number of aliphatic hydroxyl groups excluding tert-OH is 1. The number of hydrogen-bond acceptors (Lipinski definition) is 5. The summed E-state index contributed by atoms with van der Waals surface area (Å²) in [6.07, 6.45) is -12.2. The number of aliphatic carboxylic acids is 1. The van der Waals surface area contributed by atoms with Crippen molar-refractivity contribution in [3.8, 4) is 17.6 Å². The predicted molar refractivity (Wildman–Crippen MR) is 133 cm³/mol. The number of aliphatic hydroxyl groups is 2. The number of aryl methyl sites for hydroxylation is 2. The second-order valence-electron chi connectivity index (χ2n) is 9.63. The maximum Gasteiger partial charge on any atom is 1.00 e. The van der Waals surface area contributed by atoms with E-state index in [9.17, 15) is 46.5 Å². The van der Waals surface area contributed by atoms with Gasteiger partial charge in [0.15, 0.2) is 0 Å². The zero-order chi connectivity index (χ0) is 30.5. The van der Waals surface area contributed by atoms with Crippen LogP contribution >= 0.6 is 0 Å². The number of carbonyl (C=O) groups is 1. The number of ether oxygens (including phenoxy) is 1. The molecule has 2 N–H and O–H groups in total. The Hall–Kier alpha value is -2.23. The molecule has 2 aromatic carbocycles. The minimum Gasteiger partial charge on any atom is -0.550 e. The van der Waals surface area contributed by atoms with Gasteiger partial charge >= 0.3 is 47.5 Å². The normalized spacial score (nSPS) is 13.1. The smallest absolute Gasteiger partial charge is 0.550 e. The van der Waals surface area contributed by atoms with Crippen molar-refractivity contribution in [3.05, 3.63) is 64.2 Å². The standard InChI is InChI=1S/C29H32F6O5.Na/c1-5-26(6-2,22-9-11-24(19(4)16-22)40-17-23(36)10-12-25(37)38)21-8-7-20(18(3)15-21)13-14-27(39,28(30,31)32)29(33,34)35;/h7-9,11,15-16,23,36,39H,5-6,10,12,17H2,1-4H3,(H,37,38);/q;+1/p-1/t23-;/m0./s1. The quantitative estimate of drug-likeness (QED) is 0.249. The molecule has 0 heterocycles. The number of alkyl halides is 6. The molecule has 0 aliphatic carbocycles. The van der Waals surface area contributed by atoms with E-state index < -0.39 is 35.4 Å². The topological polar surface area (TPSA) is 89.8 Å². The van der Waals surface area contributed by atoms with Gasteiger partial charge in [0.05, 0.1) is 6.10 Å². The molecule has 0 amide bonds. The molecule has 41 heavy (non-hydrogen) atoms. The Labute approximate surface area is 257 Å². The predicted octanol–water partition coefficient (Wildman–Crippen LogP) is 1.89. The van der Waals surface area contributed by atoms with Crippen molar-refractivity contribution in [1.29, 1.82) is 0 Å². The Morgan fingerprint density at radius 1 is 0.951 bits per heavy atom. The van der Waals surface area contributed by atoms with Gasteiger partial charge in [-0.3, -0.25) is 0 Å². The fourth-order valence-electron chi connectivity index (χ4n) is 4.46. The van der Waals surface area contributed by atoms with Crippen LogP contribution in [0.2, 0.25) is 0 Å². The van der Waals surface area contributed by atoms with Gasteiger partial charge in [-0.25, -0.2) is 0 Å². The van der Waals surface area contributed by atoms with Crippen LogP contribution in [0.4, 0.5) is 26.3 Å². The van der Waals surface area contributed by atoms with Crippen LogP contribution in [0.25, 0.3) is 0 Å².